The third-order valence-electron chi connectivity index (χ3n) is 1.59. The molecule has 0 bridgehead atoms. The molecule has 0 unspecified atom stereocenters. The van der Waals surface area contributed by atoms with Crippen molar-refractivity contribution in [3.05, 3.63) is 12.7 Å². The number of nitrogens with zero attached hydrogens (tertiary/aromatic N) is 1. The van der Waals surface area contributed by atoms with Crippen LogP contribution in [0, 0.1) is 0 Å². The van der Waals surface area contributed by atoms with Gasteiger partial charge in [0.05, 0.1) is 5.71 Å². The highest BCUT2D eigenvalue weighted by atomic mass is 16.4. The Morgan fingerprint density at radius 1 is 1.55 bits per heavy atom. The van der Waals surface area contributed by atoms with Crippen molar-refractivity contribution in [2.24, 2.45) is 5.16 Å². The van der Waals surface area contributed by atoms with Crippen LogP contribution < -0.4 is 0 Å². The number of hydrogen-bond acceptors (Lipinski definition) is 2. The first-order valence-corrected chi connectivity index (χ1v) is 4.15. The van der Waals surface area contributed by atoms with Crippen LogP contribution in [-0.4, -0.2) is 10.9 Å². The van der Waals surface area contributed by atoms with Crippen molar-refractivity contribution in [2.45, 2.75) is 39.0 Å². The van der Waals surface area contributed by atoms with Gasteiger partial charge >= 0.3 is 0 Å². The molecule has 1 N–H and O–H groups in total. The van der Waals surface area contributed by atoms with Gasteiger partial charge in [-0.05, 0) is 12.8 Å². The quantitative estimate of drug-likeness (QED) is 0.206. The lowest BCUT2D eigenvalue weighted by Crippen LogP contribution is -1.96. The Balaban J connectivity index is 3.45. The summed E-state index contributed by atoms with van der Waals surface area (Å²) < 4.78 is 0. The smallest absolute Gasteiger partial charge is 0.0608 e. The van der Waals surface area contributed by atoms with E-state index in [0.717, 1.165) is 18.6 Å². The van der Waals surface area contributed by atoms with Crippen LogP contribution >= 0.6 is 0 Å². The fourth-order valence-corrected chi connectivity index (χ4v) is 0.939. The molecule has 0 saturated heterocycles. The van der Waals surface area contributed by atoms with Crippen LogP contribution in [0.3, 0.4) is 0 Å². The van der Waals surface area contributed by atoms with E-state index in [0.29, 0.717) is 6.42 Å². The van der Waals surface area contributed by atoms with Crippen molar-refractivity contribution in [1.82, 2.24) is 0 Å². The molecular weight excluding hydrogens is 138 g/mol. The van der Waals surface area contributed by atoms with Gasteiger partial charge in [0.15, 0.2) is 0 Å². The Morgan fingerprint density at radius 2 is 2.27 bits per heavy atom. The SMILES string of the molecule is C=CC/C(CCCCC)=N\O. The highest BCUT2D eigenvalue weighted by molar-refractivity contribution is 5.85. The maximum Gasteiger partial charge on any atom is 0.0608 e. The zero-order valence-corrected chi connectivity index (χ0v) is 7.21. The predicted octanol–water partition coefficient (Wildman–Crippen LogP) is 2.97. The van der Waals surface area contributed by atoms with Crippen molar-refractivity contribution in [2.75, 3.05) is 0 Å². The summed E-state index contributed by atoms with van der Waals surface area (Å²) in [6, 6.07) is 0. The normalized spacial score (nSPS) is 11.5. The molecule has 11 heavy (non-hydrogen) atoms. The Bertz CT molecular complexity index is 130. The number of allylic oxidation sites excluding steroid dienone is 1. The van der Waals surface area contributed by atoms with E-state index < -0.39 is 0 Å². The fraction of sp³-hybridized carbons (Fsp3) is 0.667. The standard InChI is InChI=1S/C9H17NO/c1-3-5-6-8-9(10-11)7-4-2/h4,11H,2-3,5-8H2,1H3/b10-9+. The minimum absolute atomic E-state index is 0.709. The molecule has 0 fully saturated rings. The molecule has 0 saturated carbocycles. The minimum atomic E-state index is 0.709. The van der Waals surface area contributed by atoms with Crippen molar-refractivity contribution in [3.63, 3.8) is 0 Å². The maximum absolute atomic E-state index is 8.50. The molecule has 2 heteroatoms. The summed E-state index contributed by atoms with van der Waals surface area (Å²) in [7, 11) is 0. The molecule has 0 rings (SSSR count). The van der Waals surface area contributed by atoms with Gasteiger partial charge in [0.2, 0.25) is 0 Å². The van der Waals surface area contributed by atoms with Crippen LogP contribution in [0.15, 0.2) is 17.8 Å². The van der Waals surface area contributed by atoms with Gasteiger partial charge in [-0.3, -0.25) is 0 Å². The Labute approximate surface area is 68.6 Å². The van der Waals surface area contributed by atoms with Gasteiger partial charge in [0.1, 0.15) is 0 Å². The Kier molecular flexibility index (Phi) is 6.79. The van der Waals surface area contributed by atoms with Gasteiger partial charge in [-0.2, -0.15) is 0 Å². The molecule has 64 valence electrons. The van der Waals surface area contributed by atoms with Crippen molar-refractivity contribution < 1.29 is 5.21 Å². The number of oxime groups is 1. The van der Waals surface area contributed by atoms with Crippen LogP contribution in [0.1, 0.15) is 39.0 Å². The van der Waals surface area contributed by atoms with Gasteiger partial charge in [0, 0.05) is 6.42 Å². The van der Waals surface area contributed by atoms with Crippen molar-refractivity contribution in [3.8, 4) is 0 Å². The van der Waals surface area contributed by atoms with Crippen LogP contribution in [0.4, 0.5) is 0 Å². The van der Waals surface area contributed by atoms with Gasteiger partial charge in [-0.15, -0.1) is 6.58 Å². The van der Waals surface area contributed by atoms with E-state index in [1.165, 1.54) is 12.8 Å². The second kappa shape index (κ2) is 7.32. The summed E-state index contributed by atoms with van der Waals surface area (Å²) in [4.78, 5) is 0. The molecule has 0 aromatic carbocycles. The largest absolute Gasteiger partial charge is 0.411 e. The monoisotopic (exact) mass is 155 g/mol. The minimum Gasteiger partial charge on any atom is -0.411 e. The Hall–Kier alpha value is -0.790. The van der Waals surface area contributed by atoms with Gasteiger partial charge in [0.25, 0.3) is 0 Å². The van der Waals surface area contributed by atoms with E-state index in [2.05, 4.69) is 18.7 Å². The predicted molar refractivity (Wildman–Crippen MR) is 48.2 cm³/mol. The zero-order chi connectivity index (χ0) is 8.53. The lowest BCUT2D eigenvalue weighted by Gasteiger charge is -1.98. The van der Waals surface area contributed by atoms with Gasteiger partial charge in [-0.1, -0.05) is 31.0 Å². The average Bonchev–Trinajstić information content (AvgIpc) is 2.03. The topological polar surface area (TPSA) is 32.6 Å². The second-order valence-corrected chi connectivity index (χ2v) is 2.62. The summed E-state index contributed by atoms with van der Waals surface area (Å²) in [5, 5.41) is 11.7. The third-order valence-corrected chi connectivity index (χ3v) is 1.59. The molecule has 0 atom stereocenters. The summed E-state index contributed by atoms with van der Waals surface area (Å²) in [5.74, 6) is 0. The lowest BCUT2D eigenvalue weighted by molar-refractivity contribution is 0.316. The Morgan fingerprint density at radius 3 is 2.73 bits per heavy atom. The van der Waals surface area contributed by atoms with E-state index in [4.69, 9.17) is 5.21 Å². The van der Waals surface area contributed by atoms with Crippen molar-refractivity contribution in [1.29, 1.82) is 0 Å². The summed E-state index contributed by atoms with van der Waals surface area (Å²) >= 11 is 0. The van der Waals surface area contributed by atoms with Crippen LogP contribution in [0.5, 0.6) is 0 Å². The molecule has 0 heterocycles. The number of hydrogen-bond donors (Lipinski definition) is 1. The van der Waals surface area contributed by atoms with E-state index >= 15 is 0 Å². The fourth-order valence-electron chi connectivity index (χ4n) is 0.939. The molecule has 0 spiro atoms. The average molecular weight is 155 g/mol. The zero-order valence-electron chi connectivity index (χ0n) is 7.21. The first-order chi connectivity index (χ1) is 5.35. The van der Waals surface area contributed by atoms with E-state index in [9.17, 15) is 0 Å². The van der Waals surface area contributed by atoms with E-state index in [1.807, 2.05) is 0 Å². The molecule has 0 radical (unpaired) electrons. The summed E-state index contributed by atoms with van der Waals surface area (Å²) in [6.07, 6.45) is 6.89. The number of rotatable bonds is 6. The van der Waals surface area contributed by atoms with Gasteiger partial charge < -0.3 is 5.21 Å². The van der Waals surface area contributed by atoms with E-state index in [1.54, 1.807) is 6.08 Å². The summed E-state index contributed by atoms with van der Waals surface area (Å²) in [5.41, 5.74) is 0.841. The van der Waals surface area contributed by atoms with Crippen molar-refractivity contribution >= 4 is 5.71 Å². The van der Waals surface area contributed by atoms with Crippen LogP contribution in [-0.2, 0) is 0 Å². The van der Waals surface area contributed by atoms with Crippen LogP contribution in [0.2, 0.25) is 0 Å². The molecule has 0 amide bonds. The lowest BCUT2D eigenvalue weighted by atomic mass is 10.1. The highest BCUT2D eigenvalue weighted by Crippen LogP contribution is 2.03. The van der Waals surface area contributed by atoms with Gasteiger partial charge in [-0.25, -0.2) is 0 Å². The number of unbranched alkanes of at least 4 members (excludes halogenated alkanes) is 2. The summed E-state index contributed by atoms with van der Waals surface area (Å²) in [6.45, 7) is 5.74. The molecule has 2 nitrogen and oxygen atoms in total. The first-order valence-electron chi connectivity index (χ1n) is 4.15. The third kappa shape index (κ3) is 5.64. The molecule has 0 aromatic heterocycles. The molecule has 0 aliphatic carbocycles. The van der Waals surface area contributed by atoms with Crippen LogP contribution in [0.25, 0.3) is 0 Å². The molecular formula is C9H17NO. The first kappa shape index (κ1) is 10.2. The van der Waals surface area contributed by atoms with E-state index in [-0.39, 0.29) is 0 Å². The maximum atomic E-state index is 8.50. The second-order valence-electron chi connectivity index (χ2n) is 2.62. The molecule has 0 aliphatic rings. The highest BCUT2D eigenvalue weighted by Gasteiger charge is 1.96. The molecule has 0 aromatic rings. The molecule has 0 aliphatic heterocycles.